The average molecular weight is 242 g/mol. The SMILES string of the molecule is CC(F)c1cc2c(c(C(O)C(=O)O)c1)OCO2. The molecule has 92 valence electrons. The first-order valence-corrected chi connectivity index (χ1v) is 4.99. The van der Waals surface area contributed by atoms with Crippen molar-refractivity contribution in [2.24, 2.45) is 0 Å². The monoisotopic (exact) mass is 242 g/mol. The van der Waals surface area contributed by atoms with Gasteiger partial charge >= 0.3 is 5.97 Å². The highest BCUT2D eigenvalue weighted by Crippen LogP contribution is 2.41. The van der Waals surface area contributed by atoms with Gasteiger partial charge in [0.1, 0.15) is 6.17 Å². The minimum absolute atomic E-state index is 0.00648. The molecule has 0 saturated heterocycles. The molecule has 2 N–H and O–H groups in total. The fourth-order valence-corrected chi connectivity index (χ4v) is 1.63. The van der Waals surface area contributed by atoms with Crippen LogP contribution in [0.15, 0.2) is 12.1 Å². The summed E-state index contributed by atoms with van der Waals surface area (Å²) in [5.41, 5.74) is 0.247. The van der Waals surface area contributed by atoms with Crippen LogP contribution < -0.4 is 9.47 Å². The lowest BCUT2D eigenvalue weighted by atomic mass is 10.0. The van der Waals surface area contributed by atoms with Gasteiger partial charge in [0.25, 0.3) is 0 Å². The second-order valence-corrected chi connectivity index (χ2v) is 3.70. The minimum atomic E-state index is -1.76. The largest absolute Gasteiger partial charge is 0.479 e. The Morgan fingerprint density at radius 1 is 1.47 bits per heavy atom. The molecule has 5 nitrogen and oxygen atoms in total. The van der Waals surface area contributed by atoms with Crippen LogP contribution in [0.1, 0.15) is 30.3 Å². The molecule has 0 saturated carbocycles. The van der Waals surface area contributed by atoms with Crippen LogP contribution in [0, 0.1) is 0 Å². The highest BCUT2D eigenvalue weighted by atomic mass is 19.1. The zero-order valence-electron chi connectivity index (χ0n) is 9.01. The summed E-state index contributed by atoms with van der Waals surface area (Å²) in [6.45, 7) is 1.24. The number of aliphatic hydroxyl groups excluding tert-OH is 1. The average Bonchev–Trinajstić information content (AvgIpc) is 2.74. The Kier molecular flexibility index (Phi) is 2.89. The van der Waals surface area contributed by atoms with E-state index in [0.29, 0.717) is 0 Å². The fourth-order valence-electron chi connectivity index (χ4n) is 1.63. The van der Waals surface area contributed by atoms with Crippen molar-refractivity contribution >= 4 is 5.97 Å². The first-order valence-electron chi connectivity index (χ1n) is 4.99. The second kappa shape index (κ2) is 4.21. The van der Waals surface area contributed by atoms with Crippen molar-refractivity contribution < 1.29 is 28.9 Å². The Labute approximate surface area is 96.4 Å². The standard InChI is InChI=1S/C11H11FO5/c1-5(12)6-2-7(9(13)11(14)15)10-8(3-6)16-4-17-10/h2-3,5,9,13H,4H2,1H3,(H,14,15). The number of aliphatic carboxylic acids is 1. The Balaban J connectivity index is 2.53. The third-order valence-electron chi connectivity index (χ3n) is 2.51. The number of carboxylic acids is 1. The second-order valence-electron chi connectivity index (χ2n) is 3.70. The van der Waals surface area contributed by atoms with E-state index < -0.39 is 18.2 Å². The summed E-state index contributed by atoms with van der Waals surface area (Å²) in [5.74, 6) is -1.02. The molecule has 2 rings (SSSR count). The van der Waals surface area contributed by atoms with E-state index in [-0.39, 0.29) is 29.4 Å². The lowest BCUT2D eigenvalue weighted by molar-refractivity contribution is -0.147. The van der Waals surface area contributed by atoms with Crippen LogP contribution in [0.4, 0.5) is 4.39 Å². The van der Waals surface area contributed by atoms with Crippen LogP contribution in [-0.4, -0.2) is 23.0 Å². The van der Waals surface area contributed by atoms with Gasteiger partial charge < -0.3 is 19.7 Å². The summed E-state index contributed by atoms with van der Waals surface area (Å²) in [4.78, 5) is 10.7. The summed E-state index contributed by atoms with van der Waals surface area (Å²) < 4.78 is 23.4. The van der Waals surface area contributed by atoms with E-state index in [4.69, 9.17) is 14.6 Å². The molecule has 1 aliphatic rings. The highest BCUT2D eigenvalue weighted by Gasteiger charge is 2.28. The molecule has 6 heteroatoms. The number of rotatable bonds is 3. The van der Waals surface area contributed by atoms with Crippen LogP contribution in [0.5, 0.6) is 11.5 Å². The van der Waals surface area contributed by atoms with E-state index in [1.54, 1.807) is 0 Å². The van der Waals surface area contributed by atoms with E-state index in [0.717, 1.165) is 0 Å². The molecule has 0 aromatic heterocycles. The third kappa shape index (κ3) is 2.03. The topological polar surface area (TPSA) is 76.0 Å². The predicted molar refractivity (Wildman–Crippen MR) is 54.7 cm³/mol. The zero-order chi connectivity index (χ0) is 12.6. The van der Waals surface area contributed by atoms with Crippen LogP contribution in [-0.2, 0) is 4.79 Å². The number of alkyl halides is 1. The summed E-state index contributed by atoms with van der Waals surface area (Å²) in [6, 6.07) is 2.71. The number of hydrogen-bond acceptors (Lipinski definition) is 4. The number of aliphatic hydroxyl groups is 1. The molecule has 1 aromatic rings. The van der Waals surface area contributed by atoms with E-state index in [2.05, 4.69) is 0 Å². The number of halogens is 1. The van der Waals surface area contributed by atoms with Gasteiger partial charge in [0, 0.05) is 5.56 Å². The molecule has 2 atom stereocenters. The summed E-state index contributed by atoms with van der Waals surface area (Å²) in [5, 5.41) is 18.3. The van der Waals surface area contributed by atoms with Gasteiger partial charge in [-0.25, -0.2) is 9.18 Å². The Bertz CT molecular complexity index is 457. The van der Waals surface area contributed by atoms with Gasteiger partial charge in [-0.15, -0.1) is 0 Å². The van der Waals surface area contributed by atoms with Gasteiger partial charge in [0.15, 0.2) is 17.6 Å². The number of carboxylic acid groups (broad SMARTS) is 1. The van der Waals surface area contributed by atoms with Crippen molar-refractivity contribution in [1.82, 2.24) is 0 Å². The molecule has 1 heterocycles. The summed E-state index contributed by atoms with van der Waals surface area (Å²) >= 11 is 0. The smallest absolute Gasteiger partial charge is 0.337 e. The van der Waals surface area contributed by atoms with Crippen LogP contribution >= 0.6 is 0 Å². The number of hydrogen-bond donors (Lipinski definition) is 2. The molecule has 2 unspecified atom stereocenters. The van der Waals surface area contributed by atoms with E-state index in [1.807, 2.05) is 0 Å². The molecule has 0 radical (unpaired) electrons. The fraction of sp³-hybridized carbons (Fsp3) is 0.364. The highest BCUT2D eigenvalue weighted by molar-refractivity contribution is 5.76. The maximum atomic E-state index is 13.2. The normalized spacial score (nSPS) is 16.6. The molecule has 0 spiro atoms. The van der Waals surface area contributed by atoms with Gasteiger partial charge in [-0.2, -0.15) is 0 Å². The molecule has 0 amide bonds. The molecular formula is C11H11FO5. The van der Waals surface area contributed by atoms with E-state index in [1.165, 1.54) is 19.1 Å². The summed E-state index contributed by atoms with van der Waals surface area (Å²) in [7, 11) is 0. The first-order chi connectivity index (χ1) is 8.00. The van der Waals surface area contributed by atoms with Gasteiger partial charge in [0.05, 0.1) is 0 Å². The Morgan fingerprint density at radius 2 is 2.18 bits per heavy atom. The number of benzene rings is 1. The molecule has 1 aliphatic heterocycles. The van der Waals surface area contributed by atoms with Crippen molar-refractivity contribution in [3.63, 3.8) is 0 Å². The number of carbonyl (C=O) groups is 1. The molecule has 0 fully saturated rings. The molecular weight excluding hydrogens is 231 g/mol. The van der Waals surface area contributed by atoms with Crippen molar-refractivity contribution in [1.29, 1.82) is 0 Å². The van der Waals surface area contributed by atoms with Crippen molar-refractivity contribution in [2.45, 2.75) is 19.2 Å². The lowest BCUT2D eigenvalue weighted by Gasteiger charge is -2.12. The molecule has 0 aliphatic carbocycles. The molecule has 17 heavy (non-hydrogen) atoms. The van der Waals surface area contributed by atoms with Gasteiger partial charge in [-0.3, -0.25) is 0 Å². The molecule has 0 bridgehead atoms. The van der Waals surface area contributed by atoms with Crippen LogP contribution in [0.2, 0.25) is 0 Å². The third-order valence-corrected chi connectivity index (χ3v) is 2.51. The molecule has 1 aromatic carbocycles. The van der Waals surface area contributed by atoms with Crippen LogP contribution in [0.25, 0.3) is 0 Å². The van der Waals surface area contributed by atoms with Crippen molar-refractivity contribution in [2.75, 3.05) is 6.79 Å². The lowest BCUT2D eigenvalue weighted by Crippen LogP contribution is -2.11. The van der Waals surface area contributed by atoms with Gasteiger partial charge in [0.2, 0.25) is 6.79 Å². The van der Waals surface area contributed by atoms with Crippen LogP contribution in [0.3, 0.4) is 0 Å². The van der Waals surface area contributed by atoms with E-state index in [9.17, 15) is 14.3 Å². The van der Waals surface area contributed by atoms with Crippen molar-refractivity contribution in [3.8, 4) is 11.5 Å². The van der Waals surface area contributed by atoms with Crippen molar-refractivity contribution in [3.05, 3.63) is 23.3 Å². The Hall–Kier alpha value is -1.82. The van der Waals surface area contributed by atoms with Gasteiger partial charge in [-0.1, -0.05) is 0 Å². The predicted octanol–water partition coefficient (Wildman–Crippen LogP) is 1.56. The Morgan fingerprint density at radius 3 is 2.76 bits per heavy atom. The maximum Gasteiger partial charge on any atom is 0.337 e. The quantitative estimate of drug-likeness (QED) is 0.841. The first kappa shape index (κ1) is 11.7. The van der Waals surface area contributed by atoms with E-state index >= 15 is 0 Å². The number of ether oxygens (including phenoxy) is 2. The zero-order valence-corrected chi connectivity index (χ0v) is 9.01. The van der Waals surface area contributed by atoms with Gasteiger partial charge in [-0.05, 0) is 24.6 Å². The summed E-state index contributed by atoms with van der Waals surface area (Å²) in [6.07, 6.45) is -3.05. The number of fused-ring (bicyclic) bond motifs is 1. The minimum Gasteiger partial charge on any atom is -0.479 e. The maximum absolute atomic E-state index is 13.2.